The third kappa shape index (κ3) is 3.23. The first-order chi connectivity index (χ1) is 8.65. The molecular weight excluding hydrogens is 230 g/mol. The van der Waals surface area contributed by atoms with E-state index in [2.05, 4.69) is 10.4 Å². The van der Waals surface area contributed by atoms with Crippen LogP contribution in [0.25, 0.3) is 0 Å². The van der Waals surface area contributed by atoms with Gasteiger partial charge in [-0.1, -0.05) is 0 Å². The topological polar surface area (TPSA) is 60.1 Å². The first kappa shape index (κ1) is 12.4. The number of nitrogens with zero attached hydrogens (tertiary/aromatic N) is 2. The van der Waals surface area contributed by atoms with Crippen LogP contribution in [0.4, 0.5) is 0 Å². The minimum Gasteiger partial charge on any atom is -0.467 e. The van der Waals surface area contributed by atoms with Crippen molar-refractivity contribution in [2.24, 2.45) is 0 Å². The molecule has 96 valence electrons. The van der Waals surface area contributed by atoms with Crippen LogP contribution < -0.4 is 5.32 Å². The van der Waals surface area contributed by atoms with Gasteiger partial charge in [0.1, 0.15) is 5.76 Å². The molecular formula is C13H17N3O2. The SMILES string of the molecule is Cc1cc(C)n(CCC(=O)NCc2ccco2)n1. The quantitative estimate of drug-likeness (QED) is 0.876. The molecule has 0 saturated heterocycles. The molecule has 1 amide bonds. The van der Waals surface area contributed by atoms with Crippen LogP contribution in [-0.4, -0.2) is 15.7 Å². The lowest BCUT2D eigenvalue weighted by Crippen LogP contribution is -2.24. The normalized spacial score (nSPS) is 10.6. The summed E-state index contributed by atoms with van der Waals surface area (Å²) in [6.45, 7) is 4.97. The monoisotopic (exact) mass is 247 g/mol. The summed E-state index contributed by atoms with van der Waals surface area (Å²) in [7, 11) is 0. The molecule has 0 aliphatic carbocycles. The summed E-state index contributed by atoms with van der Waals surface area (Å²) in [5.41, 5.74) is 2.05. The molecule has 0 radical (unpaired) electrons. The maximum atomic E-state index is 11.6. The lowest BCUT2D eigenvalue weighted by Gasteiger charge is -2.05. The van der Waals surface area contributed by atoms with Crippen LogP contribution in [0.1, 0.15) is 23.6 Å². The number of carbonyl (C=O) groups excluding carboxylic acids is 1. The second-order valence-corrected chi connectivity index (χ2v) is 4.26. The zero-order valence-electron chi connectivity index (χ0n) is 10.6. The smallest absolute Gasteiger partial charge is 0.222 e. The molecule has 0 spiro atoms. The lowest BCUT2D eigenvalue weighted by atomic mass is 10.3. The van der Waals surface area contributed by atoms with Crippen LogP contribution in [-0.2, 0) is 17.9 Å². The third-order valence-electron chi connectivity index (χ3n) is 2.69. The van der Waals surface area contributed by atoms with Crippen molar-refractivity contribution in [3.8, 4) is 0 Å². The number of furan rings is 1. The van der Waals surface area contributed by atoms with Crippen molar-refractivity contribution in [2.45, 2.75) is 33.4 Å². The molecule has 2 heterocycles. The van der Waals surface area contributed by atoms with Crippen LogP contribution >= 0.6 is 0 Å². The van der Waals surface area contributed by atoms with E-state index in [1.165, 1.54) is 0 Å². The van der Waals surface area contributed by atoms with Gasteiger partial charge in [-0.2, -0.15) is 5.10 Å². The number of aryl methyl sites for hydroxylation is 3. The molecule has 0 saturated carbocycles. The highest BCUT2D eigenvalue weighted by molar-refractivity contribution is 5.75. The van der Waals surface area contributed by atoms with Crippen LogP contribution in [0.3, 0.4) is 0 Å². The average molecular weight is 247 g/mol. The summed E-state index contributed by atoms with van der Waals surface area (Å²) in [4.78, 5) is 11.6. The summed E-state index contributed by atoms with van der Waals surface area (Å²) < 4.78 is 6.99. The highest BCUT2D eigenvalue weighted by Gasteiger charge is 2.05. The Morgan fingerprint density at radius 1 is 1.50 bits per heavy atom. The van der Waals surface area contributed by atoms with E-state index < -0.39 is 0 Å². The second kappa shape index (κ2) is 5.53. The summed E-state index contributed by atoms with van der Waals surface area (Å²) in [6, 6.07) is 5.64. The number of rotatable bonds is 5. The molecule has 0 aromatic carbocycles. The highest BCUT2D eigenvalue weighted by atomic mass is 16.3. The molecule has 18 heavy (non-hydrogen) atoms. The molecule has 5 heteroatoms. The molecule has 0 aliphatic heterocycles. The van der Waals surface area contributed by atoms with Crippen LogP contribution in [0.5, 0.6) is 0 Å². The summed E-state index contributed by atoms with van der Waals surface area (Å²) in [6.07, 6.45) is 2.01. The maximum absolute atomic E-state index is 11.6. The molecule has 2 rings (SSSR count). The highest BCUT2D eigenvalue weighted by Crippen LogP contribution is 2.03. The molecule has 2 aromatic heterocycles. The van der Waals surface area contributed by atoms with E-state index >= 15 is 0 Å². The number of carbonyl (C=O) groups is 1. The Bertz CT molecular complexity index is 514. The van der Waals surface area contributed by atoms with Gasteiger partial charge in [0.15, 0.2) is 0 Å². The van der Waals surface area contributed by atoms with Gasteiger partial charge in [-0.25, -0.2) is 0 Å². The van der Waals surface area contributed by atoms with Gasteiger partial charge in [0.25, 0.3) is 0 Å². The maximum Gasteiger partial charge on any atom is 0.222 e. The molecule has 0 unspecified atom stereocenters. The summed E-state index contributed by atoms with van der Waals surface area (Å²) in [5, 5.41) is 7.12. The average Bonchev–Trinajstić information content (AvgIpc) is 2.94. The van der Waals surface area contributed by atoms with Gasteiger partial charge >= 0.3 is 0 Å². The van der Waals surface area contributed by atoms with E-state index in [1.54, 1.807) is 12.3 Å². The summed E-state index contributed by atoms with van der Waals surface area (Å²) >= 11 is 0. The zero-order chi connectivity index (χ0) is 13.0. The van der Waals surface area contributed by atoms with E-state index in [9.17, 15) is 4.79 Å². The van der Waals surface area contributed by atoms with Gasteiger partial charge in [0, 0.05) is 18.7 Å². The number of amides is 1. The molecule has 0 atom stereocenters. The Morgan fingerprint density at radius 2 is 2.33 bits per heavy atom. The van der Waals surface area contributed by atoms with Crippen molar-refractivity contribution < 1.29 is 9.21 Å². The van der Waals surface area contributed by atoms with Crippen LogP contribution in [0, 0.1) is 13.8 Å². The minimum atomic E-state index is -0.000969. The van der Waals surface area contributed by atoms with Crippen LogP contribution in [0.15, 0.2) is 28.9 Å². The number of nitrogens with one attached hydrogen (secondary N) is 1. The van der Waals surface area contributed by atoms with Crippen molar-refractivity contribution >= 4 is 5.91 Å². The molecule has 0 aliphatic rings. The first-order valence-corrected chi connectivity index (χ1v) is 5.95. The Balaban J connectivity index is 1.76. The zero-order valence-corrected chi connectivity index (χ0v) is 10.6. The van der Waals surface area contributed by atoms with Crippen molar-refractivity contribution in [3.05, 3.63) is 41.6 Å². The van der Waals surface area contributed by atoms with Crippen molar-refractivity contribution in [1.82, 2.24) is 15.1 Å². The van der Waals surface area contributed by atoms with E-state index in [4.69, 9.17) is 4.42 Å². The third-order valence-corrected chi connectivity index (χ3v) is 2.69. The fourth-order valence-electron chi connectivity index (χ4n) is 1.80. The Hall–Kier alpha value is -2.04. The summed E-state index contributed by atoms with van der Waals surface area (Å²) in [5.74, 6) is 0.758. The van der Waals surface area contributed by atoms with Gasteiger partial charge in [-0.15, -0.1) is 0 Å². The predicted octanol–water partition coefficient (Wildman–Crippen LogP) is 1.80. The number of hydrogen-bond donors (Lipinski definition) is 1. The van der Waals surface area contributed by atoms with E-state index in [0.717, 1.165) is 17.1 Å². The number of hydrogen-bond acceptors (Lipinski definition) is 3. The lowest BCUT2D eigenvalue weighted by molar-refractivity contribution is -0.121. The van der Waals surface area contributed by atoms with E-state index in [0.29, 0.717) is 19.5 Å². The standard InChI is InChI=1S/C13H17N3O2/c1-10-8-11(2)16(15-10)6-5-13(17)14-9-12-4-3-7-18-12/h3-4,7-8H,5-6,9H2,1-2H3,(H,14,17). The second-order valence-electron chi connectivity index (χ2n) is 4.26. The number of aromatic nitrogens is 2. The Morgan fingerprint density at radius 3 is 2.94 bits per heavy atom. The van der Waals surface area contributed by atoms with Gasteiger partial charge < -0.3 is 9.73 Å². The minimum absolute atomic E-state index is 0.000969. The molecule has 2 aromatic rings. The Kier molecular flexibility index (Phi) is 3.82. The molecule has 0 bridgehead atoms. The van der Waals surface area contributed by atoms with Gasteiger partial charge in [-0.05, 0) is 32.0 Å². The van der Waals surface area contributed by atoms with Gasteiger partial charge in [-0.3, -0.25) is 9.48 Å². The molecule has 1 N–H and O–H groups in total. The van der Waals surface area contributed by atoms with Crippen molar-refractivity contribution in [3.63, 3.8) is 0 Å². The first-order valence-electron chi connectivity index (χ1n) is 5.95. The van der Waals surface area contributed by atoms with Crippen molar-refractivity contribution in [1.29, 1.82) is 0 Å². The van der Waals surface area contributed by atoms with E-state index in [1.807, 2.05) is 30.7 Å². The predicted molar refractivity (Wildman–Crippen MR) is 66.9 cm³/mol. The molecule has 0 fully saturated rings. The van der Waals surface area contributed by atoms with Gasteiger partial charge in [0.05, 0.1) is 18.5 Å². The Labute approximate surface area is 106 Å². The largest absolute Gasteiger partial charge is 0.467 e. The van der Waals surface area contributed by atoms with Crippen molar-refractivity contribution in [2.75, 3.05) is 0 Å². The fraction of sp³-hybridized carbons (Fsp3) is 0.385. The molecule has 5 nitrogen and oxygen atoms in total. The van der Waals surface area contributed by atoms with Gasteiger partial charge in [0.2, 0.25) is 5.91 Å². The van der Waals surface area contributed by atoms with Crippen LogP contribution in [0.2, 0.25) is 0 Å². The van der Waals surface area contributed by atoms with E-state index in [-0.39, 0.29) is 5.91 Å². The fourth-order valence-corrected chi connectivity index (χ4v) is 1.80.